The molecule has 2 aromatic carbocycles. The molecule has 0 fully saturated rings. The quantitative estimate of drug-likeness (QED) is 0.602. The van der Waals surface area contributed by atoms with E-state index in [2.05, 4.69) is 14.1 Å². The lowest BCUT2D eigenvalue weighted by Gasteiger charge is -2.10. The number of nitrogens with one attached hydrogen (secondary N) is 1. The van der Waals surface area contributed by atoms with Crippen LogP contribution in [-0.2, 0) is 19.9 Å². The standard InChI is InChI=1S/C17H16ClN3O4S3/c1-11-14(18)9-6-10-15(11)28(24,25)21-17-19-16(20-26-17)12(2)27(22,23)13-7-4-3-5-8-13/h3-10,12H,1-2H3,(H,19,20,21)/t12-/m1/s1. The third-order valence-corrected chi connectivity index (χ3v) is 8.81. The van der Waals surface area contributed by atoms with Gasteiger partial charge in [0.15, 0.2) is 15.7 Å². The highest BCUT2D eigenvalue weighted by Gasteiger charge is 2.29. The van der Waals surface area contributed by atoms with Crippen molar-refractivity contribution in [3.63, 3.8) is 0 Å². The zero-order chi connectivity index (χ0) is 20.5. The maximum absolute atomic E-state index is 12.7. The lowest BCUT2D eigenvalue weighted by molar-refractivity contribution is 0.584. The smallest absolute Gasteiger partial charge is 0.253 e. The normalized spacial score (nSPS) is 13.2. The molecule has 3 rings (SSSR count). The molecular weight excluding hydrogens is 442 g/mol. The molecule has 0 aliphatic carbocycles. The van der Waals surface area contributed by atoms with E-state index in [0.29, 0.717) is 10.6 Å². The Bertz CT molecular complexity index is 1210. The highest BCUT2D eigenvalue weighted by Crippen LogP contribution is 2.30. The van der Waals surface area contributed by atoms with Crippen LogP contribution in [0.2, 0.25) is 5.02 Å². The van der Waals surface area contributed by atoms with Gasteiger partial charge in [-0.2, -0.15) is 4.37 Å². The lowest BCUT2D eigenvalue weighted by atomic mass is 10.2. The molecule has 148 valence electrons. The van der Waals surface area contributed by atoms with Crippen LogP contribution in [0.1, 0.15) is 23.6 Å². The van der Waals surface area contributed by atoms with Gasteiger partial charge in [0.05, 0.1) is 9.79 Å². The first kappa shape index (κ1) is 20.7. The van der Waals surface area contributed by atoms with E-state index in [-0.39, 0.29) is 20.7 Å². The second-order valence-corrected chi connectivity index (χ2v) is 11.0. The Morgan fingerprint density at radius 3 is 2.39 bits per heavy atom. The minimum absolute atomic E-state index is 0.0155. The Morgan fingerprint density at radius 1 is 1.04 bits per heavy atom. The first-order valence-corrected chi connectivity index (χ1v) is 12.2. The van der Waals surface area contributed by atoms with Gasteiger partial charge < -0.3 is 0 Å². The van der Waals surface area contributed by atoms with Crippen molar-refractivity contribution < 1.29 is 16.8 Å². The molecule has 0 amide bonds. The molecule has 1 N–H and O–H groups in total. The predicted molar refractivity (Wildman–Crippen MR) is 109 cm³/mol. The van der Waals surface area contributed by atoms with Crippen molar-refractivity contribution in [1.82, 2.24) is 9.36 Å². The molecule has 0 bridgehead atoms. The highest BCUT2D eigenvalue weighted by molar-refractivity contribution is 7.93. The van der Waals surface area contributed by atoms with Gasteiger partial charge in [0, 0.05) is 16.6 Å². The average molecular weight is 458 g/mol. The molecule has 0 spiro atoms. The summed E-state index contributed by atoms with van der Waals surface area (Å²) in [5.74, 6) is 0.0226. The Morgan fingerprint density at radius 2 is 1.71 bits per heavy atom. The van der Waals surface area contributed by atoms with Crippen LogP contribution in [-0.4, -0.2) is 26.2 Å². The molecule has 7 nitrogen and oxygen atoms in total. The number of halogens is 1. The summed E-state index contributed by atoms with van der Waals surface area (Å²) >= 11 is 6.76. The first-order valence-electron chi connectivity index (χ1n) is 8.03. The maximum Gasteiger partial charge on any atom is 0.264 e. The van der Waals surface area contributed by atoms with Crippen LogP contribution in [0.5, 0.6) is 0 Å². The van der Waals surface area contributed by atoms with Gasteiger partial charge in [0.2, 0.25) is 5.13 Å². The van der Waals surface area contributed by atoms with Crippen molar-refractivity contribution >= 4 is 48.1 Å². The van der Waals surface area contributed by atoms with Gasteiger partial charge in [-0.3, -0.25) is 4.72 Å². The number of nitrogens with zero attached hydrogens (tertiary/aromatic N) is 2. The van der Waals surface area contributed by atoms with Crippen LogP contribution in [0.3, 0.4) is 0 Å². The van der Waals surface area contributed by atoms with E-state index < -0.39 is 25.1 Å². The third kappa shape index (κ3) is 4.04. The van der Waals surface area contributed by atoms with E-state index >= 15 is 0 Å². The second kappa shape index (κ2) is 7.78. The summed E-state index contributed by atoms with van der Waals surface area (Å²) in [6, 6.07) is 12.5. The van der Waals surface area contributed by atoms with Crippen molar-refractivity contribution in [3.05, 3.63) is 64.9 Å². The summed E-state index contributed by atoms with van der Waals surface area (Å²) < 4.78 is 57.0. The first-order chi connectivity index (χ1) is 13.1. The fourth-order valence-electron chi connectivity index (χ4n) is 2.44. The molecule has 1 atom stereocenters. The molecule has 28 heavy (non-hydrogen) atoms. The third-order valence-electron chi connectivity index (χ3n) is 4.07. The molecule has 0 aliphatic heterocycles. The number of sulfone groups is 1. The number of hydrogen-bond donors (Lipinski definition) is 1. The number of benzene rings is 2. The Hall–Kier alpha value is -2.01. The summed E-state index contributed by atoms with van der Waals surface area (Å²) in [5.41, 5.74) is 0.404. The zero-order valence-corrected chi connectivity index (χ0v) is 18.0. The Kier molecular flexibility index (Phi) is 5.76. The molecule has 0 aliphatic rings. The van der Waals surface area contributed by atoms with Gasteiger partial charge >= 0.3 is 0 Å². The van der Waals surface area contributed by atoms with Crippen LogP contribution < -0.4 is 4.72 Å². The van der Waals surface area contributed by atoms with Crippen LogP contribution in [0.15, 0.2) is 58.3 Å². The van der Waals surface area contributed by atoms with E-state index in [1.165, 1.54) is 31.2 Å². The van der Waals surface area contributed by atoms with Crippen molar-refractivity contribution in [1.29, 1.82) is 0 Å². The molecule has 3 aromatic rings. The number of sulfonamides is 1. The second-order valence-electron chi connectivity index (χ2n) is 5.93. The SMILES string of the molecule is Cc1c(Cl)cccc1S(=O)(=O)Nc1nc([C@@H](C)S(=O)(=O)c2ccccc2)ns1. The average Bonchev–Trinajstić information content (AvgIpc) is 3.11. The number of rotatable bonds is 6. The summed E-state index contributed by atoms with van der Waals surface area (Å²) in [6.45, 7) is 3.06. The van der Waals surface area contributed by atoms with Gasteiger partial charge in [-0.15, -0.1) is 0 Å². The summed E-state index contributed by atoms with van der Waals surface area (Å²) in [7, 11) is -7.64. The van der Waals surface area contributed by atoms with Crippen LogP contribution in [0.4, 0.5) is 5.13 Å². The molecule has 0 saturated heterocycles. The van der Waals surface area contributed by atoms with Gasteiger partial charge in [0.1, 0.15) is 5.25 Å². The van der Waals surface area contributed by atoms with Gasteiger partial charge in [0.25, 0.3) is 10.0 Å². The molecular formula is C17H16ClN3O4S3. The molecule has 1 heterocycles. The van der Waals surface area contributed by atoms with Crippen molar-refractivity contribution in [3.8, 4) is 0 Å². The van der Waals surface area contributed by atoms with Gasteiger partial charge in [-0.25, -0.2) is 21.8 Å². The predicted octanol–water partition coefficient (Wildman–Crippen LogP) is 3.84. The molecule has 0 saturated carbocycles. The van der Waals surface area contributed by atoms with Gasteiger partial charge in [-0.1, -0.05) is 35.9 Å². The monoisotopic (exact) mass is 457 g/mol. The van der Waals surface area contributed by atoms with E-state index in [1.54, 1.807) is 31.2 Å². The van der Waals surface area contributed by atoms with Crippen molar-refractivity contribution in [2.75, 3.05) is 4.72 Å². The molecule has 0 radical (unpaired) electrons. The molecule has 11 heteroatoms. The molecule has 1 aromatic heterocycles. The van der Waals surface area contributed by atoms with Crippen LogP contribution in [0.25, 0.3) is 0 Å². The Balaban J connectivity index is 1.87. The van der Waals surface area contributed by atoms with E-state index in [0.717, 1.165) is 11.5 Å². The molecule has 0 unspecified atom stereocenters. The van der Waals surface area contributed by atoms with Crippen LogP contribution >= 0.6 is 23.1 Å². The van der Waals surface area contributed by atoms with E-state index in [9.17, 15) is 16.8 Å². The van der Waals surface area contributed by atoms with Crippen LogP contribution in [0, 0.1) is 6.92 Å². The zero-order valence-electron chi connectivity index (χ0n) is 14.8. The van der Waals surface area contributed by atoms with E-state index in [1.807, 2.05) is 0 Å². The van der Waals surface area contributed by atoms with Crippen molar-refractivity contribution in [2.45, 2.75) is 28.9 Å². The minimum atomic E-state index is -3.94. The number of hydrogen-bond acceptors (Lipinski definition) is 7. The summed E-state index contributed by atoms with van der Waals surface area (Å²) in [5, 5.41) is -0.731. The van der Waals surface area contributed by atoms with Crippen molar-refractivity contribution in [2.24, 2.45) is 0 Å². The maximum atomic E-state index is 12.7. The number of aromatic nitrogens is 2. The summed E-state index contributed by atoms with van der Waals surface area (Å²) in [4.78, 5) is 4.23. The topological polar surface area (TPSA) is 106 Å². The lowest BCUT2D eigenvalue weighted by Crippen LogP contribution is -2.15. The number of anilines is 1. The highest BCUT2D eigenvalue weighted by atomic mass is 35.5. The Labute approximate surface area is 172 Å². The minimum Gasteiger partial charge on any atom is -0.253 e. The van der Waals surface area contributed by atoms with Gasteiger partial charge in [-0.05, 0) is 43.7 Å². The fourth-order valence-corrected chi connectivity index (χ4v) is 6.22. The van der Waals surface area contributed by atoms with E-state index in [4.69, 9.17) is 11.6 Å². The largest absolute Gasteiger partial charge is 0.264 e. The fraction of sp³-hybridized carbons (Fsp3) is 0.176. The summed E-state index contributed by atoms with van der Waals surface area (Å²) in [6.07, 6.45) is 0.